The summed E-state index contributed by atoms with van der Waals surface area (Å²) in [7, 11) is 1.61. The lowest BCUT2D eigenvalue weighted by molar-refractivity contribution is 0.0208. The summed E-state index contributed by atoms with van der Waals surface area (Å²) in [5, 5.41) is 0. The predicted molar refractivity (Wildman–Crippen MR) is 60.7 cm³/mol. The number of esters is 1. The summed E-state index contributed by atoms with van der Waals surface area (Å²) in [6, 6.07) is 3.64. The van der Waals surface area contributed by atoms with Crippen molar-refractivity contribution in [2.75, 3.05) is 7.11 Å². The average molecular weight is 218 g/mol. The quantitative estimate of drug-likeness (QED) is 0.565. The average Bonchev–Trinajstić information content (AvgIpc) is 2.51. The molecule has 3 nitrogen and oxygen atoms in total. The molecule has 1 aromatic rings. The highest BCUT2D eigenvalue weighted by molar-refractivity contribution is 5.95. The number of fused-ring (bicyclic) bond motifs is 1. The third-order valence-electron chi connectivity index (χ3n) is 2.98. The van der Waals surface area contributed by atoms with Crippen LogP contribution in [0.5, 0.6) is 5.75 Å². The normalized spacial score (nSPS) is 22.6. The minimum absolute atomic E-state index is 0.303. The van der Waals surface area contributed by atoms with E-state index >= 15 is 0 Å². The summed E-state index contributed by atoms with van der Waals surface area (Å²) < 4.78 is 10.6. The largest absolute Gasteiger partial charge is 0.496 e. The van der Waals surface area contributed by atoms with Crippen molar-refractivity contribution in [3.63, 3.8) is 0 Å². The summed E-state index contributed by atoms with van der Waals surface area (Å²) in [5.41, 5.74) is 1.59. The van der Waals surface area contributed by atoms with Gasteiger partial charge in [-0.1, -0.05) is 6.58 Å². The van der Waals surface area contributed by atoms with E-state index in [4.69, 9.17) is 9.47 Å². The number of cyclic esters (lactones) is 1. The van der Waals surface area contributed by atoms with Gasteiger partial charge < -0.3 is 9.47 Å². The molecule has 1 aliphatic rings. The van der Waals surface area contributed by atoms with E-state index in [0.29, 0.717) is 5.56 Å². The number of hydrogen-bond donors (Lipinski definition) is 0. The van der Waals surface area contributed by atoms with Crippen LogP contribution in [0.1, 0.15) is 28.4 Å². The van der Waals surface area contributed by atoms with E-state index in [-0.39, 0.29) is 5.97 Å². The molecular weight excluding hydrogens is 204 g/mol. The first kappa shape index (κ1) is 10.7. The van der Waals surface area contributed by atoms with Gasteiger partial charge in [-0.15, -0.1) is 0 Å². The van der Waals surface area contributed by atoms with Crippen molar-refractivity contribution in [3.8, 4) is 5.75 Å². The van der Waals surface area contributed by atoms with Crippen LogP contribution in [0.4, 0.5) is 0 Å². The Morgan fingerprint density at radius 1 is 1.50 bits per heavy atom. The van der Waals surface area contributed by atoms with Gasteiger partial charge in [-0.2, -0.15) is 0 Å². The van der Waals surface area contributed by atoms with Crippen LogP contribution in [0.15, 0.2) is 24.8 Å². The van der Waals surface area contributed by atoms with Gasteiger partial charge in [0, 0.05) is 5.56 Å². The van der Waals surface area contributed by atoms with Crippen molar-refractivity contribution < 1.29 is 14.3 Å². The standard InChI is InChI=1S/C13H14O3/c1-5-13(3)10-7-11(15-4)8(2)6-9(10)12(14)16-13/h5-7H,1H2,2-4H3. The van der Waals surface area contributed by atoms with E-state index in [0.717, 1.165) is 16.9 Å². The summed E-state index contributed by atoms with van der Waals surface area (Å²) >= 11 is 0. The smallest absolute Gasteiger partial charge is 0.339 e. The molecule has 1 aromatic carbocycles. The van der Waals surface area contributed by atoms with E-state index < -0.39 is 5.60 Å². The maximum absolute atomic E-state index is 11.7. The van der Waals surface area contributed by atoms with Crippen LogP contribution in [0.3, 0.4) is 0 Å². The molecule has 1 atom stereocenters. The number of ether oxygens (including phenoxy) is 2. The Bertz CT molecular complexity index is 476. The van der Waals surface area contributed by atoms with Crippen LogP contribution in [0, 0.1) is 6.92 Å². The lowest BCUT2D eigenvalue weighted by Gasteiger charge is -2.19. The molecule has 1 heterocycles. The first-order valence-corrected chi connectivity index (χ1v) is 5.08. The van der Waals surface area contributed by atoms with Gasteiger partial charge in [0.25, 0.3) is 0 Å². The van der Waals surface area contributed by atoms with Gasteiger partial charge in [0.05, 0.1) is 12.7 Å². The van der Waals surface area contributed by atoms with Gasteiger partial charge in [0.1, 0.15) is 5.75 Å². The van der Waals surface area contributed by atoms with Crippen molar-refractivity contribution in [3.05, 3.63) is 41.5 Å². The molecule has 1 unspecified atom stereocenters. The van der Waals surface area contributed by atoms with E-state index in [2.05, 4.69) is 6.58 Å². The Balaban J connectivity index is 2.68. The molecule has 0 amide bonds. The molecule has 0 fully saturated rings. The Hall–Kier alpha value is -1.77. The molecule has 0 aliphatic carbocycles. The molecule has 0 aromatic heterocycles. The lowest BCUT2D eigenvalue weighted by Crippen LogP contribution is -2.17. The van der Waals surface area contributed by atoms with Crippen LogP contribution in [-0.2, 0) is 10.3 Å². The van der Waals surface area contributed by atoms with Gasteiger partial charge >= 0.3 is 5.97 Å². The van der Waals surface area contributed by atoms with Gasteiger partial charge in [0.2, 0.25) is 0 Å². The van der Waals surface area contributed by atoms with Crippen LogP contribution in [-0.4, -0.2) is 13.1 Å². The van der Waals surface area contributed by atoms with Crippen LogP contribution >= 0.6 is 0 Å². The molecule has 0 radical (unpaired) electrons. The van der Waals surface area contributed by atoms with Crippen LogP contribution in [0.25, 0.3) is 0 Å². The van der Waals surface area contributed by atoms with Gasteiger partial charge in [-0.3, -0.25) is 0 Å². The fourth-order valence-corrected chi connectivity index (χ4v) is 1.94. The molecule has 0 bridgehead atoms. The zero-order chi connectivity index (χ0) is 11.9. The molecule has 84 valence electrons. The highest BCUT2D eigenvalue weighted by Crippen LogP contribution is 2.40. The molecule has 0 saturated carbocycles. The molecule has 3 heteroatoms. The second kappa shape index (κ2) is 3.37. The first-order chi connectivity index (χ1) is 7.51. The lowest BCUT2D eigenvalue weighted by atomic mass is 9.92. The summed E-state index contributed by atoms with van der Waals surface area (Å²) in [6.07, 6.45) is 1.63. The number of hydrogen-bond acceptors (Lipinski definition) is 3. The minimum atomic E-state index is -0.743. The number of rotatable bonds is 2. The summed E-state index contributed by atoms with van der Waals surface area (Å²) in [5.74, 6) is 0.452. The Labute approximate surface area is 94.7 Å². The van der Waals surface area contributed by atoms with Crippen molar-refractivity contribution in [1.82, 2.24) is 0 Å². The van der Waals surface area contributed by atoms with Crippen molar-refractivity contribution in [1.29, 1.82) is 0 Å². The molecule has 1 aliphatic heterocycles. The number of aryl methyl sites for hydroxylation is 1. The highest BCUT2D eigenvalue weighted by atomic mass is 16.6. The molecule has 0 N–H and O–H groups in total. The third kappa shape index (κ3) is 1.32. The zero-order valence-corrected chi connectivity index (χ0v) is 9.66. The van der Waals surface area contributed by atoms with Crippen LogP contribution < -0.4 is 4.74 Å². The minimum Gasteiger partial charge on any atom is -0.496 e. The molecular formula is C13H14O3. The van der Waals surface area contributed by atoms with Crippen molar-refractivity contribution in [2.45, 2.75) is 19.4 Å². The molecule has 0 saturated heterocycles. The Morgan fingerprint density at radius 3 is 2.75 bits per heavy atom. The predicted octanol–water partition coefficient (Wildman–Crippen LogP) is 2.58. The fourth-order valence-electron chi connectivity index (χ4n) is 1.94. The summed E-state index contributed by atoms with van der Waals surface area (Å²) in [6.45, 7) is 7.42. The van der Waals surface area contributed by atoms with Gasteiger partial charge in [-0.05, 0) is 37.6 Å². The fraction of sp³-hybridized carbons (Fsp3) is 0.308. The van der Waals surface area contributed by atoms with Crippen molar-refractivity contribution >= 4 is 5.97 Å². The van der Waals surface area contributed by atoms with E-state index in [9.17, 15) is 4.79 Å². The van der Waals surface area contributed by atoms with Gasteiger partial charge in [0.15, 0.2) is 5.60 Å². The highest BCUT2D eigenvalue weighted by Gasteiger charge is 2.39. The molecule has 16 heavy (non-hydrogen) atoms. The van der Waals surface area contributed by atoms with Gasteiger partial charge in [-0.25, -0.2) is 4.79 Å². The second-order valence-corrected chi connectivity index (χ2v) is 4.07. The SMILES string of the molecule is C=CC1(C)OC(=O)c2cc(C)c(OC)cc21. The monoisotopic (exact) mass is 218 g/mol. The maximum atomic E-state index is 11.7. The Kier molecular flexibility index (Phi) is 2.26. The van der Waals surface area contributed by atoms with E-state index in [1.807, 2.05) is 19.9 Å². The van der Waals surface area contributed by atoms with Crippen molar-refractivity contribution in [2.24, 2.45) is 0 Å². The molecule has 0 spiro atoms. The second-order valence-electron chi connectivity index (χ2n) is 4.07. The number of carbonyl (C=O) groups is 1. The molecule has 2 rings (SSSR count). The van der Waals surface area contributed by atoms with Crippen LogP contribution in [0.2, 0.25) is 0 Å². The number of carbonyl (C=O) groups excluding carboxylic acids is 1. The topological polar surface area (TPSA) is 35.5 Å². The first-order valence-electron chi connectivity index (χ1n) is 5.08. The third-order valence-corrected chi connectivity index (χ3v) is 2.98. The summed E-state index contributed by atoms with van der Waals surface area (Å²) in [4.78, 5) is 11.7. The number of methoxy groups -OCH3 is 1. The van der Waals surface area contributed by atoms with E-state index in [1.54, 1.807) is 19.3 Å². The maximum Gasteiger partial charge on any atom is 0.339 e. The Morgan fingerprint density at radius 2 is 2.19 bits per heavy atom. The zero-order valence-electron chi connectivity index (χ0n) is 9.66. The van der Waals surface area contributed by atoms with E-state index in [1.165, 1.54) is 0 Å². The number of benzene rings is 1.